The van der Waals surface area contributed by atoms with Gasteiger partial charge in [0, 0.05) is 6.42 Å². The Kier molecular flexibility index (Phi) is 9.15. The Balaban J connectivity index is 0.00000341. The predicted octanol–water partition coefficient (Wildman–Crippen LogP) is 4.74. The molecular weight excluding hydrogens is 388 g/mol. The van der Waals surface area contributed by atoms with Gasteiger partial charge in [-0.15, -0.1) is 0 Å². The van der Waals surface area contributed by atoms with E-state index in [4.69, 9.17) is 0 Å². The van der Waals surface area contributed by atoms with Crippen LogP contribution in [0.1, 0.15) is 85.5 Å². The van der Waals surface area contributed by atoms with Crippen LogP contribution in [0.4, 0.5) is 0 Å². The quantitative estimate of drug-likeness (QED) is 0.564. The maximum Gasteiger partial charge on any atom is 0.0811 e. The van der Waals surface area contributed by atoms with Crippen molar-refractivity contribution in [2.75, 3.05) is 0 Å². The second kappa shape index (κ2) is 10.8. The average Bonchev–Trinajstić information content (AvgIpc) is 3.04. The zero-order chi connectivity index (χ0) is 22.1. The molecule has 31 heavy (non-hydrogen) atoms. The Hall–Kier alpha value is -0.940. The third kappa shape index (κ3) is 5.71. The summed E-state index contributed by atoms with van der Waals surface area (Å²) in [6.07, 6.45) is 12.4. The van der Waals surface area contributed by atoms with Gasteiger partial charge in [0.05, 0.1) is 18.3 Å². The van der Waals surface area contributed by atoms with Crippen LogP contribution in [0.3, 0.4) is 0 Å². The fraction of sp³-hybridized carbons (Fsp3) is 0.778. The first kappa shape index (κ1) is 26.3. The van der Waals surface area contributed by atoms with Gasteiger partial charge in [-0.05, 0) is 91.6 Å². The van der Waals surface area contributed by atoms with Gasteiger partial charge in [0.15, 0.2) is 0 Å². The van der Waals surface area contributed by atoms with E-state index in [1.54, 1.807) is 5.57 Å². The van der Waals surface area contributed by atoms with Crippen molar-refractivity contribution >= 4 is 0 Å². The number of aliphatic hydroxyl groups is 3. The van der Waals surface area contributed by atoms with Crippen molar-refractivity contribution in [1.82, 2.24) is 0 Å². The van der Waals surface area contributed by atoms with E-state index in [0.717, 1.165) is 36.3 Å². The standard InChI is InChI=1S/C27H44O3.H2O/c1-17(2)25(29)13-8-18(3)23-11-12-24-20(7-6-14-27(23,24)5)9-10-21-15-22(28)16-26(30)19(21)4;/h9-10,17-18,22-26,28-30H,4,6-8,11-16H2,1-3,5H3;1H2/b20-9+,21-10-;/t18-,22+,23?,24?,25-,26?,27?;/m1./s1. The van der Waals surface area contributed by atoms with E-state index in [2.05, 4.69) is 46.4 Å². The third-order valence-corrected chi connectivity index (χ3v) is 8.68. The summed E-state index contributed by atoms with van der Waals surface area (Å²) in [6.45, 7) is 13.2. The minimum absolute atomic E-state index is 0. The molecular formula is C27H46O4. The van der Waals surface area contributed by atoms with Crippen molar-refractivity contribution in [1.29, 1.82) is 0 Å². The molecule has 0 aromatic heterocycles. The molecule has 3 aliphatic rings. The first-order valence-corrected chi connectivity index (χ1v) is 12.3. The molecule has 3 rings (SSSR count). The highest BCUT2D eigenvalue weighted by Gasteiger charge is 2.50. The number of aliphatic hydroxyl groups excluding tert-OH is 3. The van der Waals surface area contributed by atoms with Gasteiger partial charge in [-0.1, -0.05) is 52.0 Å². The molecule has 3 aliphatic carbocycles. The highest BCUT2D eigenvalue weighted by Crippen LogP contribution is 2.60. The van der Waals surface area contributed by atoms with Gasteiger partial charge in [-0.3, -0.25) is 0 Å². The lowest BCUT2D eigenvalue weighted by Gasteiger charge is -2.44. The van der Waals surface area contributed by atoms with Crippen LogP contribution in [0.25, 0.3) is 0 Å². The molecule has 0 spiro atoms. The van der Waals surface area contributed by atoms with E-state index in [0.29, 0.717) is 36.0 Å². The molecule has 0 aromatic carbocycles. The number of rotatable bonds is 6. The van der Waals surface area contributed by atoms with E-state index in [1.165, 1.54) is 25.7 Å². The molecule has 4 unspecified atom stereocenters. The molecule has 0 aliphatic heterocycles. The first-order chi connectivity index (χ1) is 14.1. The van der Waals surface area contributed by atoms with Gasteiger partial charge in [-0.25, -0.2) is 0 Å². The molecule has 4 heteroatoms. The van der Waals surface area contributed by atoms with Gasteiger partial charge in [0.25, 0.3) is 0 Å². The van der Waals surface area contributed by atoms with Gasteiger partial charge in [0.2, 0.25) is 0 Å². The number of hydrogen-bond donors (Lipinski definition) is 3. The lowest BCUT2D eigenvalue weighted by molar-refractivity contribution is 0.0717. The number of fused-ring (bicyclic) bond motifs is 1. The minimum Gasteiger partial charge on any atom is -0.412 e. The first-order valence-electron chi connectivity index (χ1n) is 12.3. The summed E-state index contributed by atoms with van der Waals surface area (Å²) in [6, 6.07) is 0. The summed E-state index contributed by atoms with van der Waals surface area (Å²) in [5.74, 6) is 2.35. The van der Waals surface area contributed by atoms with E-state index in [9.17, 15) is 15.3 Å². The lowest BCUT2D eigenvalue weighted by atomic mass is 9.60. The molecule has 4 nitrogen and oxygen atoms in total. The molecule has 0 heterocycles. The zero-order valence-electron chi connectivity index (χ0n) is 20.1. The highest BCUT2D eigenvalue weighted by atomic mass is 16.3. The normalized spacial score (nSPS) is 38.3. The van der Waals surface area contributed by atoms with Crippen LogP contribution < -0.4 is 0 Å². The predicted molar refractivity (Wildman–Crippen MR) is 128 cm³/mol. The van der Waals surface area contributed by atoms with E-state index in [-0.39, 0.29) is 11.6 Å². The monoisotopic (exact) mass is 434 g/mol. The van der Waals surface area contributed by atoms with Crippen LogP contribution in [-0.4, -0.2) is 39.1 Å². The number of hydrogen-bond acceptors (Lipinski definition) is 3. The molecule has 5 N–H and O–H groups in total. The van der Waals surface area contributed by atoms with Crippen molar-refractivity contribution in [2.24, 2.45) is 29.1 Å². The summed E-state index contributed by atoms with van der Waals surface area (Å²) < 4.78 is 0. The van der Waals surface area contributed by atoms with Crippen LogP contribution in [0, 0.1) is 29.1 Å². The van der Waals surface area contributed by atoms with Crippen molar-refractivity contribution < 1.29 is 20.8 Å². The average molecular weight is 435 g/mol. The Morgan fingerprint density at radius 3 is 2.52 bits per heavy atom. The lowest BCUT2D eigenvalue weighted by Crippen LogP contribution is -2.36. The minimum atomic E-state index is -0.618. The second-order valence-corrected chi connectivity index (χ2v) is 11.0. The van der Waals surface area contributed by atoms with Crippen LogP contribution in [0.15, 0.2) is 35.5 Å². The molecule has 0 amide bonds. The Morgan fingerprint density at radius 2 is 1.84 bits per heavy atom. The van der Waals surface area contributed by atoms with Crippen molar-refractivity contribution in [3.63, 3.8) is 0 Å². The summed E-state index contributed by atoms with van der Waals surface area (Å²) in [5.41, 5.74) is 3.69. The summed E-state index contributed by atoms with van der Waals surface area (Å²) in [5, 5.41) is 30.4. The fourth-order valence-electron chi connectivity index (χ4n) is 6.65. The Labute approximate surface area is 189 Å². The van der Waals surface area contributed by atoms with E-state index < -0.39 is 12.2 Å². The smallest absolute Gasteiger partial charge is 0.0811 e. The molecule has 0 aromatic rings. The molecule has 178 valence electrons. The third-order valence-electron chi connectivity index (χ3n) is 8.68. The fourth-order valence-corrected chi connectivity index (χ4v) is 6.65. The summed E-state index contributed by atoms with van der Waals surface area (Å²) in [7, 11) is 0. The molecule has 3 saturated carbocycles. The largest absolute Gasteiger partial charge is 0.412 e. The number of allylic oxidation sites excluding steroid dienone is 3. The maximum atomic E-state index is 10.3. The SMILES string of the molecule is C=C1/C(=C\C=C2/CCCC3(C)C2CCC3[C@H](C)CC[C@@H](O)C(C)C)C[C@H](O)CC1O.O. The second-order valence-electron chi connectivity index (χ2n) is 11.0. The topological polar surface area (TPSA) is 92.2 Å². The van der Waals surface area contributed by atoms with E-state index >= 15 is 0 Å². The van der Waals surface area contributed by atoms with Crippen molar-refractivity contribution in [3.8, 4) is 0 Å². The Bertz CT molecular complexity index is 679. The van der Waals surface area contributed by atoms with Crippen LogP contribution in [-0.2, 0) is 0 Å². The van der Waals surface area contributed by atoms with E-state index in [1.807, 2.05) is 0 Å². The molecule has 3 fully saturated rings. The highest BCUT2D eigenvalue weighted by molar-refractivity contribution is 5.38. The van der Waals surface area contributed by atoms with Crippen LogP contribution in [0.2, 0.25) is 0 Å². The molecule has 7 atom stereocenters. The zero-order valence-corrected chi connectivity index (χ0v) is 20.1. The molecule has 0 bridgehead atoms. The Morgan fingerprint density at radius 1 is 1.13 bits per heavy atom. The van der Waals surface area contributed by atoms with Gasteiger partial charge in [-0.2, -0.15) is 0 Å². The summed E-state index contributed by atoms with van der Waals surface area (Å²) in [4.78, 5) is 0. The summed E-state index contributed by atoms with van der Waals surface area (Å²) >= 11 is 0. The van der Waals surface area contributed by atoms with Gasteiger partial charge in [0.1, 0.15) is 0 Å². The molecule has 0 saturated heterocycles. The van der Waals surface area contributed by atoms with Crippen molar-refractivity contribution in [2.45, 2.75) is 104 Å². The maximum absolute atomic E-state index is 10.3. The van der Waals surface area contributed by atoms with Crippen LogP contribution in [0.5, 0.6) is 0 Å². The van der Waals surface area contributed by atoms with Gasteiger partial charge < -0.3 is 20.8 Å². The van der Waals surface area contributed by atoms with Crippen molar-refractivity contribution in [3.05, 3.63) is 35.5 Å². The molecule has 0 radical (unpaired) electrons. The van der Waals surface area contributed by atoms with Crippen LogP contribution >= 0.6 is 0 Å². The van der Waals surface area contributed by atoms with Gasteiger partial charge >= 0.3 is 0 Å².